The lowest BCUT2D eigenvalue weighted by Crippen LogP contribution is -2.33. The molecule has 0 spiro atoms. The monoisotopic (exact) mass is 414 g/mol. The molecule has 2 aromatic heterocycles. The summed E-state index contributed by atoms with van der Waals surface area (Å²) < 4.78 is 1.76. The molecule has 0 radical (unpaired) electrons. The fourth-order valence-electron chi connectivity index (χ4n) is 3.07. The highest BCUT2D eigenvalue weighted by molar-refractivity contribution is 8.00. The van der Waals surface area contributed by atoms with Gasteiger partial charge >= 0.3 is 0 Å². The van der Waals surface area contributed by atoms with Gasteiger partial charge in [0.15, 0.2) is 5.65 Å². The number of benzene rings is 2. The molecule has 2 aromatic carbocycles. The molecule has 4 rings (SSSR count). The van der Waals surface area contributed by atoms with Crippen LogP contribution in [0.5, 0.6) is 0 Å². The van der Waals surface area contributed by atoms with Crippen molar-refractivity contribution in [2.24, 2.45) is 0 Å². The second-order valence-electron chi connectivity index (χ2n) is 6.39. The summed E-state index contributed by atoms with van der Waals surface area (Å²) in [5, 5.41) is 14.9. The van der Waals surface area contributed by atoms with Crippen LogP contribution >= 0.6 is 11.8 Å². The van der Waals surface area contributed by atoms with Crippen LogP contribution in [0.1, 0.15) is 6.42 Å². The Hall–Kier alpha value is -3.70. The lowest BCUT2D eigenvalue weighted by atomic mass is 10.2. The third-order valence-electron chi connectivity index (χ3n) is 4.48. The fraction of sp³-hybridized carbons (Fsp3) is 0.136. The van der Waals surface area contributed by atoms with E-state index >= 15 is 0 Å². The molecule has 0 aliphatic rings. The Kier molecular flexibility index (Phi) is 6.01. The van der Waals surface area contributed by atoms with Gasteiger partial charge in [-0.2, -0.15) is 10.4 Å². The van der Waals surface area contributed by atoms with Gasteiger partial charge < -0.3 is 4.90 Å². The van der Waals surface area contributed by atoms with Crippen LogP contribution in [-0.2, 0) is 4.79 Å². The van der Waals surface area contributed by atoms with Gasteiger partial charge in [0.2, 0.25) is 5.91 Å². The van der Waals surface area contributed by atoms with Crippen molar-refractivity contribution in [3.63, 3.8) is 0 Å². The van der Waals surface area contributed by atoms with E-state index in [1.54, 1.807) is 15.8 Å². The first-order valence-corrected chi connectivity index (χ1v) is 10.4. The van der Waals surface area contributed by atoms with E-state index in [0.29, 0.717) is 17.2 Å². The molecule has 0 atom stereocenters. The Morgan fingerprint density at radius 2 is 1.80 bits per heavy atom. The first kappa shape index (κ1) is 19.6. The lowest BCUT2D eigenvalue weighted by molar-refractivity contribution is -0.116. The molecule has 0 saturated carbocycles. The number of aromatic nitrogens is 4. The zero-order valence-electron chi connectivity index (χ0n) is 16.0. The molecule has 0 bridgehead atoms. The van der Waals surface area contributed by atoms with E-state index in [0.717, 1.165) is 16.8 Å². The van der Waals surface area contributed by atoms with E-state index in [9.17, 15) is 4.79 Å². The van der Waals surface area contributed by atoms with Crippen LogP contribution in [0.15, 0.2) is 78.2 Å². The van der Waals surface area contributed by atoms with E-state index in [-0.39, 0.29) is 18.1 Å². The molecule has 0 unspecified atom stereocenters. The van der Waals surface area contributed by atoms with Gasteiger partial charge in [0.05, 0.1) is 35.5 Å². The van der Waals surface area contributed by atoms with Crippen molar-refractivity contribution in [2.75, 3.05) is 17.2 Å². The number of nitrogens with zero attached hydrogens (tertiary/aromatic N) is 6. The number of hydrogen-bond acceptors (Lipinski definition) is 6. The number of amides is 1. The SMILES string of the molecule is N#CCCN(C(=O)CSc1ncnc2c1cnn2-c1ccccc1)c1ccccc1. The van der Waals surface area contributed by atoms with Crippen LogP contribution in [0.25, 0.3) is 16.7 Å². The Labute approximate surface area is 178 Å². The molecule has 2 heterocycles. The van der Waals surface area contributed by atoms with E-state index in [1.165, 1.54) is 18.1 Å². The second-order valence-corrected chi connectivity index (χ2v) is 7.35. The molecule has 30 heavy (non-hydrogen) atoms. The number of carbonyl (C=O) groups excluding carboxylic acids is 1. The summed E-state index contributed by atoms with van der Waals surface area (Å²) in [4.78, 5) is 23.3. The summed E-state index contributed by atoms with van der Waals surface area (Å²) in [5.74, 6) is 0.117. The number of thioether (sulfide) groups is 1. The summed E-state index contributed by atoms with van der Waals surface area (Å²) in [7, 11) is 0. The molecular formula is C22H18N6OS. The third-order valence-corrected chi connectivity index (χ3v) is 5.47. The number of para-hydroxylation sites is 2. The van der Waals surface area contributed by atoms with Gasteiger partial charge in [-0.1, -0.05) is 48.2 Å². The normalized spacial score (nSPS) is 10.6. The van der Waals surface area contributed by atoms with Crippen LogP contribution < -0.4 is 4.90 Å². The molecular weight excluding hydrogens is 396 g/mol. The Balaban J connectivity index is 1.55. The van der Waals surface area contributed by atoms with Crippen molar-refractivity contribution in [3.8, 4) is 11.8 Å². The minimum atomic E-state index is -0.0799. The number of nitriles is 1. The molecule has 8 heteroatoms. The lowest BCUT2D eigenvalue weighted by Gasteiger charge is -2.21. The second kappa shape index (κ2) is 9.20. The van der Waals surface area contributed by atoms with Crippen LogP contribution in [-0.4, -0.2) is 38.0 Å². The zero-order valence-corrected chi connectivity index (χ0v) is 16.9. The molecule has 0 N–H and O–H groups in total. The molecule has 1 amide bonds. The summed E-state index contributed by atoms with van der Waals surface area (Å²) in [6.07, 6.45) is 3.48. The van der Waals surface area contributed by atoms with Crippen molar-refractivity contribution in [2.45, 2.75) is 11.4 Å². The highest BCUT2D eigenvalue weighted by Gasteiger charge is 2.18. The third kappa shape index (κ3) is 4.16. The van der Waals surface area contributed by atoms with Crippen LogP contribution in [0.2, 0.25) is 0 Å². The maximum absolute atomic E-state index is 12.9. The summed E-state index contributed by atoms with van der Waals surface area (Å²) in [6, 6.07) is 21.2. The molecule has 0 aliphatic heterocycles. The molecule has 7 nitrogen and oxygen atoms in total. The summed E-state index contributed by atoms with van der Waals surface area (Å²) in [5.41, 5.74) is 2.38. The van der Waals surface area contributed by atoms with E-state index < -0.39 is 0 Å². The number of anilines is 1. The highest BCUT2D eigenvalue weighted by Crippen LogP contribution is 2.26. The van der Waals surface area contributed by atoms with Crippen molar-refractivity contribution in [1.82, 2.24) is 19.7 Å². The topological polar surface area (TPSA) is 87.7 Å². The highest BCUT2D eigenvalue weighted by atomic mass is 32.2. The number of rotatable bonds is 7. The Morgan fingerprint density at radius 3 is 2.53 bits per heavy atom. The maximum Gasteiger partial charge on any atom is 0.237 e. The zero-order chi connectivity index (χ0) is 20.8. The van der Waals surface area contributed by atoms with Crippen LogP contribution in [0, 0.1) is 11.3 Å². The van der Waals surface area contributed by atoms with E-state index in [4.69, 9.17) is 5.26 Å². The molecule has 0 fully saturated rings. The fourth-order valence-corrected chi connectivity index (χ4v) is 3.91. The smallest absolute Gasteiger partial charge is 0.237 e. The first-order chi connectivity index (χ1) is 14.8. The van der Waals surface area contributed by atoms with Crippen molar-refractivity contribution < 1.29 is 4.79 Å². The predicted molar refractivity (Wildman–Crippen MR) is 116 cm³/mol. The maximum atomic E-state index is 12.9. The summed E-state index contributed by atoms with van der Waals surface area (Å²) in [6.45, 7) is 0.352. The standard InChI is InChI=1S/C22H18N6OS/c23-12-7-13-27(17-8-3-1-4-9-17)20(29)15-30-22-19-14-26-28(21(19)24-16-25-22)18-10-5-2-6-11-18/h1-6,8-11,14,16H,7,13,15H2. The minimum Gasteiger partial charge on any atom is -0.311 e. The minimum absolute atomic E-state index is 0.0799. The van der Waals surface area contributed by atoms with E-state index in [2.05, 4.69) is 21.1 Å². The number of fused-ring (bicyclic) bond motifs is 1. The Bertz CT molecular complexity index is 1190. The van der Waals surface area contributed by atoms with Crippen molar-refractivity contribution in [1.29, 1.82) is 5.26 Å². The number of carbonyl (C=O) groups is 1. The van der Waals surface area contributed by atoms with Crippen LogP contribution in [0.4, 0.5) is 5.69 Å². The average molecular weight is 414 g/mol. The largest absolute Gasteiger partial charge is 0.311 e. The average Bonchev–Trinajstić information content (AvgIpc) is 3.24. The van der Waals surface area contributed by atoms with Gasteiger partial charge in [0.1, 0.15) is 11.4 Å². The Morgan fingerprint density at radius 1 is 1.07 bits per heavy atom. The summed E-state index contributed by atoms with van der Waals surface area (Å²) >= 11 is 1.34. The molecule has 4 aromatic rings. The number of hydrogen-bond donors (Lipinski definition) is 0. The van der Waals surface area contributed by atoms with Gasteiger partial charge in [-0.3, -0.25) is 4.79 Å². The van der Waals surface area contributed by atoms with Crippen LogP contribution in [0.3, 0.4) is 0 Å². The van der Waals surface area contributed by atoms with Gasteiger partial charge in [-0.25, -0.2) is 14.6 Å². The molecule has 0 aliphatic carbocycles. The van der Waals surface area contributed by atoms with Gasteiger partial charge in [-0.15, -0.1) is 0 Å². The van der Waals surface area contributed by atoms with E-state index in [1.807, 2.05) is 60.7 Å². The van der Waals surface area contributed by atoms with Crippen molar-refractivity contribution >= 4 is 34.4 Å². The quantitative estimate of drug-likeness (QED) is 0.337. The first-order valence-electron chi connectivity index (χ1n) is 9.37. The predicted octanol–water partition coefficient (Wildman–Crippen LogP) is 3.85. The van der Waals surface area contributed by atoms with Gasteiger partial charge in [-0.05, 0) is 24.3 Å². The van der Waals surface area contributed by atoms with Crippen molar-refractivity contribution in [3.05, 3.63) is 73.2 Å². The molecule has 0 saturated heterocycles. The van der Waals surface area contributed by atoms with Gasteiger partial charge in [0, 0.05) is 12.2 Å². The molecule has 148 valence electrons. The van der Waals surface area contributed by atoms with Gasteiger partial charge in [0.25, 0.3) is 0 Å².